The molecule has 0 fully saturated rings. The van der Waals surface area contributed by atoms with Crippen LogP contribution in [0.2, 0.25) is 0 Å². The number of aryl methyl sites for hydroxylation is 1. The molecule has 1 aliphatic carbocycles. The van der Waals surface area contributed by atoms with Gasteiger partial charge in [0, 0.05) is 23.9 Å². The number of fused-ring (bicyclic) bond motifs is 1. The fourth-order valence-corrected chi connectivity index (χ4v) is 5.06. The smallest absolute Gasteiger partial charge is 0.407 e. The molecule has 1 heterocycles. The van der Waals surface area contributed by atoms with Crippen molar-refractivity contribution in [2.45, 2.75) is 45.6 Å². The van der Waals surface area contributed by atoms with Crippen molar-refractivity contribution in [1.82, 2.24) is 4.90 Å². The van der Waals surface area contributed by atoms with E-state index in [1.54, 1.807) is 18.4 Å². The van der Waals surface area contributed by atoms with Gasteiger partial charge in [0.2, 0.25) is 0 Å². The van der Waals surface area contributed by atoms with E-state index < -0.39 is 6.09 Å². The van der Waals surface area contributed by atoms with Crippen molar-refractivity contribution in [3.63, 3.8) is 0 Å². The molecule has 19 heavy (non-hydrogen) atoms. The minimum absolute atomic E-state index is 0.00718. The van der Waals surface area contributed by atoms with E-state index in [2.05, 4.69) is 42.8 Å². The second-order valence-electron chi connectivity index (χ2n) is 6.28. The first-order chi connectivity index (χ1) is 8.71. The second kappa shape index (κ2) is 5.09. The fraction of sp³-hybridized carbons (Fsp3) is 0.643. The molecule has 3 nitrogen and oxygen atoms in total. The second-order valence-corrected chi connectivity index (χ2v) is 8.79. The topological polar surface area (TPSA) is 40.5 Å². The van der Waals surface area contributed by atoms with E-state index in [0.29, 0.717) is 5.92 Å². The quantitative estimate of drug-likeness (QED) is 0.852. The maximum absolute atomic E-state index is 11.4. The average Bonchev–Trinajstić information content (AvgIpc) is 2.77. The van der Waals surface area contributed by atoms with Crippen molar-refractivity contribution < 1.29 is 9.90 Å². The van der Waals surface area contributed by atoms with Gasteiger partial charge in [0.25, 0.3) is 0 Å². The van der Waals surface area contributed by atoms with E-state index in [9.17, 15) is 9.90 Å². The lowest BCUT2D eigenvalue weighted by Crippen LogP contribution is -2.47. The molecule has 1 aliphatic rings. The zero-order valence-electron chi connectivity index (χ0n) is 11.7. The van der Waals surface area contributed by atoms with Crippen LogP contribution in [-0.2, 0) is 6.42 Å². The highest BCUT2D eigenvalue weighted by Gasteiger charge is 2.41. The minimum atomic E-state index is -0.845. The van der Waals surface area contributed by atoms with Gasteiger partial charge >= 0.3 is 6.09 Å². The summed E-state index contributed by atoms with van der Waals surface area (Å²) in [6, 6.07) is 2.18. The van der Waals surface area contributed by atoms with Gasteiger partial charge in [-0.25, -0.2) is 4.79 Å². The number of carboxylic acid groups (broad SMARTS) is 1. The Morgan fingerprint density at radius 3 is 2.74 bits per heavy atom. The summed E-state index contributed by atoms with van der Waals surface area (Å²) in [5.74, 6) is 0.304. The predicted molar refractivity (Wildman–Crippen MR) is 82.1 cm³/mol. The molecule has 0 bridgehead atoms. The summed E-state index contributed by atoms with van der Waals surface area (Å²) in [5.41, 5.74) is 1.26. The Labute approximate surface area is 126 Å². The van der Waals surface area contributed by atoms with Crippen LogP contribution in [0.4, 0.5) is 4.79 Å². The number of amides is 1. The molecular formula is C14H20BrNO2S. The molecule has 1 aromatic rings. The third-order valence-electron chi connectivity index (χ3n) is 3.88. The molecule has 1 amide bonds. The first kappa shape index (κ1) is 14.9. The number of hydrogen-bond donors (Lipinski definition) is 1. The number of hydrogen-bond acceptors (Lipinski definition) is 2. The van der Waals surface area contributed by atoms with Crippen LogP contribution in [0.5, 0.6) is 0 Å². The molecule has 2 rings (SSSR count). The highest BCUT2D eigenvalue weighted by atomic mass is 79.9. The van der Waals surface area contributed by atoms with Crippen LogP contribution in [0.25, 0.3) is 0 Å². The van der Waals surface area contributed by atoms with E-state index in [1.807, 2.05) is 0 Å². The van der Waals surface area contributed by atoms with Gasteiger partial charge in [0.15, 0.2) is 0 Å². The van der Waals surface area contributed by atoms with Crippen LogP contribution < -0.4 is 0 Å². The molecule has 2 unspecified atom stereocenters. The lowest BCUT2D eigenvalue weighted by atomic mass is 9.76. The summed E-state index contributed by atoms with van der Waals surface area (Å²) in [5, 5.41) is 9.35. The third kappa shape index (κ3) is 2.82. The SMILES string of the molecule is CN(C(=O)O)C(C1CCc2sc(Br)cc21)C(C)(C)C. The first-order valence-electron chi connectivity index (χ1n) is 6.45. The molecule has 0 saturated carbocycles. The third-order valence-corrected chi connectivity index (χ3v) is 5.59. The number of thiophene rings is 1. The van der Waals surface area contributed by atoms with Gasteiger partial charge in [-0.3, -0.25) is 0 Å². The average molecular weight is 346 g/mol. The molecule has 0 aromatic carbocycles. The molecule has 1 aromatic heterocycles. The molecule has 2 atom stereocenters. The van der Waals surface area contributed by atoms with E-state index >= 15 is 0 Å². The Bertz CT molecular complexity index is 492. The van der Waals surface area contributed by atoms with Crippen LogP contribution in [0.15, 0.2) is 9.85 Å². The van der Waals surface area contributed by atoms with Crippen LogP contribution in [0, 0.1) is 5.41 Å². The predicted octanol–water partition coefficient (Wildman–Crippen LogP) is 4.56. The monoisotopic (exact) mass is 345 g/mol. The lowest BCUT2D eigenvalue weighted by molar-refractivity contribution is 0.0841. The Morgan fingerprint density at radius 2 is 2.21 bits per heavy atom. The van der Waals surface area contributed by atoms with E-state index in [0.717, 1.165) is 16.6 Å². The van der Waals surface area contributed by atoms with Crippen molar-refractivity contribution in [1.29, 1.82) is 0 Å². The maximum atomic E-state index is 11.4. The highest BCUT2D eigenvalue weighted by Crippen LogP contribution is 2.47. The lowest BCUT2D eigenvalue weighted by Gasteiger charge is -2.40. The number of halogens is 1. The van der Waals surface area contributed by atoms with Crippen LogP contribution >= 0.6 is 27.3 Å². The van der Waals surface area contributed by atoms with E-state index in [4.69, 9.17) is 0 Å². The normalized spacial score (nSPS) is 20.2. The van der Waals surface area contributed by atoms with Crippen molar-refractivity contribution >= 4 is 33.4 Å². The summed E-state index contributed by atoms with van der Waals surface area (Å²) in [6.45, 7) is 6.36. The van der Waals surface area contributed by atoms with Gasteiger partial charge in [-0.2, -0.15) is 0 Å². The molecule has 0 aliphatic heterocycles. The number of carbonyl (C=O) groups is 1. The first-order valence-corrected chi connectivity index (χ1v) is 8.06. The molecular weight excluding hydrogens is 326 g/mol. The molecule has 0 saturated heterocycles. The van der Waals surface area contributed by atoms with Gasteiger partial charge in [0.05, 0.1) is 3.79 Å². The van der Waals surface area contributed by atoms with E-state index in [-0.39, 0.29) is 11.5 Å². The molecule has 1 N–H and O–H groups in total. The minimum Gasteiger partial charge on any atom is -0.465 e. The van der Waals surface area contributed by atoms with Gasteiger partial charge < -0.3 is 10.0 Å². The van der Waals surface area contributed by atoms with Gasteiger partial charge in [-0.15, -0.1) is 11.3 Å². The van der Waals surface area contributed by atoms with Gasteiger partial charge in [-0.05, 0) is 45.8 Å². The van der Waals surface area contributed by atoms with Crippen molar-refractivity contribution in [3.8, 4) is 0 Å². The Hall–Kier alpha value is -0.550. The maximum Gasteiger partial charge on any atom is 0.407 e. The Kier molecular flexibility index (Phi) is 3.98. The Morgan fingerprint density at radius 1 is 1.58 bits per heavy atom. The van der Waals surface area contributed by atoms with Gasteiger partial charge in [0.1, 0.15) is 0 Å². The standard InChI is InChI=1S/C14H20BrNO2S/c1-14(2,3)12(16(4)13(17)18)8-5-6-10-9(8)7-11(15)19-10/h7-8,12H,5-6H2,1-4H3,(H,17,18). The highest BCUT2D eigenvalue weighted by molar-refractivity contribution is 9.11. The summed E-state index contributed by atoms with van der Waals surface area (Å²) >= 11 is 5.32. The largest absolute Gasteiger partial charge is 0.465 e. The molecule has 106 valence electrons. The zero-order valence-corrected chi connectivity index (χ0v) is 14.1. The van der Waals surface area contributed by atoms with Gasteiger partial charge in [-0.1, -0.05) is 20.8 Å². The molecule has 5 heteroatoms. The van der Waals surface area contributed by atoms with Crippen LogP contribution in [-0.4, -0.2) is 29.2 Å². The zero-order chi connectivity index (χ0) is 14.4. The number of rotatable bonds is 2. The van der Waals surface area contributed by atoms with E-state index in [1.165, 1.54) is 15.3 Å². The van der Waals surface area contributed by atoms with Crippen molar-refractivity contribution in [2.24, 2.45) is 5.41 Å². The fourth-order valence-electron chi connectivity index (χ4n) is 3.26. The summed E-state index contributed by atoms with van der Waals surface area (Å²) in [6.07, 6.45) is 1.27. The van der Waals surface area contributed by atoms with Crippen LogP contribution in [0.1, 0.15) is 43.6 Å². The van der Waals surface area contributed by atoms with Crippen LogP contribution in [0.3, 0.4) is 0 Å². The summed E-state index contributed by atoms with van der Waals surface area (Å²) in [4.78, 5) is 14.3. The van der Waals surface area contributed by atoms with Crippen molar-refractivity contribution in [3.05, 3.63) is 20.3 Å². The molecule has 0 spiro atoms. The summed E-state index contributed by atoms with van der Waals surface area (Å²) < 4.78 is 1.15. The number of likely N-dealkylation sites (N-methyl/N-ethyl adjacent to an activating group) is 1. The molecule has 0 radical (unpaired) electrons. The number of nitrogens with zero attached hydrogens (tertiary/aromatic N) is 1. The summed E-state index contributed by atoms with van der Waals surface area (Å²) in [7, 11) is 1.69. The Balaban J connectivity index is 2.38. The van der Waals surface area contributed by atoms with Crippen molar-refractivity contribution in [2.75, 3.05) is 7.05 Å².